The number of aromatic nitrogens is 1. The summed E-state index contributed by atoms with van der Waals surface area (Å²) >= 11 is 0. The number of carbonyl (C=O) groups is 1. The molecule has 1 aromatic heterocycles. The number of benzene rings is 2. The van der Waals surface area contributed by atoms with E-state index in [1.807, 2.05) is 55.5 Å². The molecule has 0 aliphatic rings. The van der Waals surface area contributed by atoms with Crippen molar-refractivity contribution in [3.05, 3.63) is 83.2 Å². The van der Waals surface area contributed by atoms with Gasteiger partial charge in [-0.25, -0.2) is 0 Å². The average Bonchev–Trinajstić information content (AvgIpc) is 2.70. The summed E-state index contributed by atoms with van der Waals surface area (Å²) < 4.78 is 5.94. The lowest BCUT2D eigenvalue weighted by molar-refractivity contribution is 0.102. The summed E-state index contributed by atoms with van der Waals surface area (Å²) in [6.45, 7) is 6.16. The van der Waals surface area contributed by atoms with Gasteiger partial charge in [0.15, 0.2) is 0 Å². The summed E-state index contributed by atoms with van der Waals surface area (Å²) in [6.07, 6.45) is 4.14. The second-order valence-electron chi connectivity index (χ2n) is 7.16. The minimum absolute atomic E-state index is 0.167. The SMILES string of the molecule is CCCc1ccc(Oc2cccc(NC(=O)c3ccc(CCC)nc3C)c2)cc1. The van der Waals surface area contributed by atoms with Gasteiger partial charge in [0, 0.05) is 17.4 Å². The van der Waals surface area contributed by atoms with Crippen molar-refractivity contribution in [1.29, 1.82) is 0 Å². The lowest BCUT2D eigenvalue weighted by atomic mass is 10.1. The lowest BCUT2D eigenvalue weighted by Crippen LogP contribution is -2.14. The third-order valence-corrected chi connectivity index (χ3v) is 4.68. The van der Waals surface area contributed by atoms with Crippen LogP contribution in [0.2, 0.25) is 0 Å². The number of carbonyl (C=O) groups excluding carboxylic acids is 1. The second-order valence-corrected chi connectivity index (χ2v) is 7.16. The molecule has 0 bridgehead atoms. The molecule has 0 spiro atoms. The molecule has 0 radical (unpaired) electrons. The van der Waals surface area contributed by atoms with Crippen LogP contribution in [-0.4, -0.2) is 10.9 Å². The zero-order valence-electron chi connectivity index (χ0n) is 17.4. The Balaban J connectivity index is 1.68. The van der Waals surface area contributed by atoms with Crippen LogP contribution in [0.4, 0.5) is 5.69 Å². The molecule has 0 fully saturated rings. The molecule has 3 rings (SSSR count). The predicted molar refractivity (Wildman–Crippen MR) is 118 cm³/mol. The van der Waals surface area contributed by atoms with Gasteiger partial charge in [-0.2, -0.15) is 0 Å². The summed E-state index contributed by atoms with van der Waals surface area (Å²) in [6, 6.07) is 19.3. The normalized spacial score (nSPS) is 10.6. The van der Waals surface area contributed by atoms with Gasteiger partial charge in [0.1, 0.15) is 11.5 Å². The minimum Gasteiger partial charge on any atom is -0.457 e. The Kier molecular flexibility index (Phi) is 7.01. The summed E-state index contributed by atoms with van der Waals surface area (Å²) in [5.74, 6) is 1.29. The Morgan fingerprint density at radius 3 is 2.38 bits per heavy atom. The number of hydrogen-bond acceptors (Lipinski definition) is 3. The Morgan fingerprint density at radius 1 is 0.931 bits per heavy atom. The van der Waals surface area contributed by atoms with Crippen LogP contribution in [0.3, 0.4) is 0 Å². The van der Waals surface area contributed by atoms with Crippen molar-refractivity contribution in [2.24, 2.45) is 0 Å². The van der Waals surface area contributed by atoms with Crippen molar-refractivity contribution < 1.29 is 9.53 Å². The molecule has 1 amide bonds. The van der Waals surface area contributed by atoms with E-state index in [-0.39, 0.29) is 5.91 Å². The van der Waals surface area contributed by atoms with E-state index in [0.717, 1.165) is 42.8 Å². The molecule has 150 valence electrons. The first-order valence-electron chi connectivity index (χ1n) is 10.2. The number of amides is 1. The van der Waals surface area contributed by atoms with Crippen molar-refractivity contribution in [3.8, 4) is 11.5 Å². The first-order valence-corrected chi connectivity index (χ1v) is 10.2. The molecule has 2 aromatic carbocycles. The standard InChI is InChI=1S/C25H28N2O2/c1-4-7-19-11-14-22(15-12-19)29-23-10-6-9-21(17-23)27-25(28)24-16-13-20(8-5-2)26-18(24)3/h6,9-17H,4-5,7-8H2,1-3H3,(H,27,28). The van der Waals surface area contributed by atoms with E-state index >= 15 is 0 Å². The van der Waals surface area contributed by atoms with Crippen LogP contribution >= 0.6 is 0 Å². The number of hydrogen-bond donors (Lipinski definition) is 1. The van der Waals surface area contributed by atoms with Crippen molar-refractivity contribution in [1.82, 2.24) is 4.98 Å². The predicted octanol–water partition coefficient (Wildman–Crippen LogP) is 6.34. The summed E-state index contributed by atoms with van der Waals surface area (Å²) in [5, 5.41) is 2.94. The van der Waals surface area contributed by atoms with Crippen LogP contribution in [0.1, 0.15) is 54.0 Å². The molecule has 4 heteroatoms. The topological polar surface area (TPSA) is 51.2 Å². The molecule has 0 aliphatic heterocycles. The van der Waals surface area contributed by atoms with Gasteiger partial charge < -0.3 is 10.1 Å². The smallest absolute Gasteiger partial charge is 0.257 e. The zero-order valence-corrected chi connectivity index (χ0v) is 17.4. The number of pyridine rings is 1. The number of anilines is 1. The number of rotatable bonds is 8. The summed E-state index contributed by atoms with van der Waals surface area (Å²) in [4.78, 5) is 17.2. The van der Waals surface area contributed by atoms with Crippen LogP contribution in [0.25, 0.3) is 0 Å². The Labute approximate surface area is 173 Å². The Bertz CT molecular complexity index is 965. The van der Waals surface area contributed by atoms with E-state index < -0.39 is 0 Å². The summed E-state index contributed by atoms with van der Waals surface area (Å²) in [7, 11) is 0. The maximum atomic E-state index is 12.7. The lowest BCUT2D eigenvalue weighted by Gasteiger charge is -2.11. The highest BCUT2D eigenvalue weighted by Crippen LogP contribution is 2.25. The van der Waals surface area contributed by atoms with Gasteiger partial charge in [0.25, 0.3) is 5.91 Å². The second kappa shape index (κ2) is 9.87. The largest absolute Gasteiger partial charge is 0.457 e. The van der Waals surface area contributed by atoms with Gasteiger partial charge in [-0.1, -0.05) is 44.9 Å². The maximum absolute atomic E-state index is 12.7. The van der Waals surface area contributed by atoms with Crippen LogP contribution in [0, 0.1) is 6.92 Å². The molecule has 1 N–H and O–H groups in total. The molecule has 0 unspecified atom stereocenters. The van der Waals surface area contributed by atoms with Gasteiger partial charge in [-0.05, 0) is 61.7 Å². The van der Waals surface area contributed by atoms with Gasteiger partial charge in [-0.3, -0.25) is 9.78 Å². The molecule has 0 atom stereocenters. The zero-order chi connectivity index (χ0) is 20.6. The molecule has 1 heterocycles. The third-order valence-electron chi connectivity index (χ3n) is 4.68. The molecular weight excluding hydrogens is 360 g/mol. The fourth-order valence-electron chi connectivity index (χ4n) is 3.23. The van der Waals surface area contributed by atoms with E-state index in [2.05, 4.69) is 36.3 Å². The van der Waals surface area contributed by atoms with Gasteiger partial charge >= 0.3 is 0 Å². The molecule has 0 saturated carbocycles. The fourth-order valence-corrected chi connectivity index (χ4v) is 3.23. The highest BCUT2D eigenvalue weighted by Gasteiger charge is 2.11. The van der Waals surface area contributed by atoms with Crippen molar-refractivity contribution in [2.45, 2.75) is 46.5 Å². The van der Waals surface area contributed by atoms with E-state index in [1.165, 1.54) is 5.56 Å². The van der Waals surface area contributed by atoms with Crippen LogP contribution in [0.15, 0.2) is 60.7 Å². The maximum Gasteiger partial charge on any atom is 0.257 e. The van der Waals surface area contributed by atoms with Crippen molar-refractivity contribution >= 4 is 11.6 Å². The molecule has 29 heavy (non-hydrogen) atoms. The van der Waals surface area contributed by atoms with Gasteiger partial charge in [0.05, 0.1) is 11.3 Å². The number of aryl methyl sites for hydroxylation is 3. The van der Waals surface area contributed by atoms with Crippen LogP contribution in [0.5, 0.6) is 11.5 Å². The van der Waals surface area contributed by atoms with Crippen LogP contribution in [-0.2, 0) is 12.8 Å². The molecule has 0 saturated heterocycles. The molecule has 0 aliphatic carbocycles. The van der Waals surface area contributed by atoms with Crippen LogP contribution < -0.4 is 10.1 Å². The number of nitrogens with zero attached hydrogens (tertiary/aromatic N) is 1. The van der Waals surface area contributed by atoms with E-state index in [0.29, 0.717) is 17.0 Å². The van der Waals surface area contributed by atoms with Gasteiger partial charge in [0.2, 0.25) is 0 Å². The minimum atomic E-state index is -0.167. The van der Waals surface area contributed by atoms with E-state index in [9.17, 15) is 4.79 Å². The monoisotopic (exact) mass is 388 g/mol. The van der Waals surface area contributed by atoms with E-state index in [1.54, 1.807) is 0 Å². The summed E-state index contributed by atoms with van der Waals surface area (Å²) in [5.41, 5.74) is 4.33. The first kappa shape index (κ1) is 20.6. The fraction of sp³-hybridized carbons (Fsp3) is 0.280. The first-order chi connectivity index (χ1) is 14.1. The van der Waals surface area contributed by atoms with Crippen molar-refractivity contribution in [3.63, 3.8) is 0 Å². The number of ether oxygens (including phenoxy) is 1. The van der Waals surface area contributed by atoms with Gasteiger partial charge in [-0.15, -0.1) is 0 Å². The highest BCUT2D eigenvalue weighted by molar-refractivity contribution is 6.05. The van der Waals surface area contributed by atoms with Crippen molar-refractivity contribution in [2.75, 3.05) is 5.32 Å². The molecule has 3 aromatic rings. The average molecular weight is 389 g/mol. The highest BCUT2D eigenvalue weighted by atomic mass is 16.5. The Morgan fingerprint density at radius 2 is 1.69 bits per heavy atom. The molecule has 4 nitrogen and oxygen atoms in total. The van der Waals surface area contributed by atoms with E-state index in [4.69, 9.17) is 4.74 Å². The third kappa shape index (κ3) is 5.67. The molecular formula is C25H28N2O2. The quantitative estimate of drug-likeness (QED) is 0.490. The number of nitrogens with one attached hydrogen (secondary N) is 1. The Hall–Kier alpha value is -3.14.